The minimum atomic E-state index is -0.133. The molecule has 24 heavy (non-hydrogen) atoms. The molecule has 2 aromatic carbocycles. The Morgan fingerprint density at radius 2 is 1.88 bits per heavy atom. The fourth-order valence-corrected chi connectivity index (χ4v) is 2.63. The van der Waals surface area contributed by atoms with E-state index in [9.17, 15) is 4.79 Å². The van der Waals surface area contributed by atoms with E-state index in [0.29, 0.717) is 17.3 Å². The van der Waals surface area contributed by atoms with Crippen LogP contribution in [0.25, 0.3) is 0 Å². The number of carbonyl (C=O) groups is 1. The standard InChI is InChI=1S/C20H24ClNO2/c1-4-15-6-7-16(5-2)17(11-15)12-22-20(23)13-24-18-8-9-19(21)14(3)10-18/h6-11H,4-5,12-13H2,1-3H3,(H,22,23). The van der Waals surface area contributed by atoms with E-state index in [-0.39, 0.29) is 12.5 Å². The lowest BCUT2D eigenvalue weighted by Crippen LogP contribution is -2.28. The highest BCUT2D eigenvalue weighted by atomic mass is 35.5. The van der Waals surface area contributed by atoms with Gasteiger partial charge in [0.2, 0.25) is 0 Å². The average molecular weight is 346 g/mol. The Labute approximate surface area is 149 Å². The van der Waals surface area contributed by atoms with Crippen LogP contribution in [-0.2, 0) is 24.2 Å². The first-order chi connectivity index (χ1) is 11.5. The molecule has 0 aromatic heterocycles. The highest BCUT2D eigenvalue weighted by molar-refractivity contribution is 6.31. The number of rotatable bonds is 7. The Balaban J connectivity index is 1.90. The summed E-state index contributed by atoms with van der Waals surface area (Å²) in [7, 11) is 0. The van der Waals surface area contributed by atoms with Crippen molar-refractivity contribution in [2.45, 2.75) is 40.2 Å². The quantitative estimate of drug-likeness (QED) is 0.804. The summed E-state index contributed by atoms with van der Waals surface area (Å²) in [5.74, 6) is 0.515. The van der Waals surface area contributed by atoms with Gasteiger partial charge in [-0.15, -0.1) is 0 Å². The van der Waals surface area contributed by atoms with E-state index in [2.05, 4.69) is 37.4 Å². The number of amides is 1. The summed E-state index contributed by atoms with van der Waals surface area (Å²) in [5.41, 5.74) is 4.65. The molecule has 0 atom stereocenters. The van der Waals surface area contributed by atoms with Gasteiger partial charge in [0.1, 0.15) is 5.75 Å². The smallest absolute Gasteiger partial charge is 0.258 e. The van der Waals surface area contributed by atoms with E-state index in [1.807, 2.05) is 13.0 Å². The fourth-order valence-electron chi connectivity index (χ4n) is 2.51. The van der Waals surface area contributed by atoms with Gasteiger partial charge in [0, 0.05) is 11.6 Å². The fraction of sp³-hybridized carbons (Fsp3) is 0.350. The Bertz CT molecular complexity index is 713. The molecule has 0 saturated carbocycles. The second kappa shape index (κ2) is 8.74. The SMILES string of the molecule is CCc1ccc(CC)c(CNC(=O)COc2ccc(Cl)c(C)c2)c1. The van der Waals surface area contributed by atoms with E-state index in [1.165, 1.54) is 16.7 Å². The molecular formula is C20H24ClNO2. The van der Waals surface area contributed by atoms with E-state index >= 15 is 0 Å². The third-order valence-electron chi connectivity index (χ3n) is 4.04. The molecule has 2 rings (SSSR count). The number of hydrogen-bond acceptors (Lipinski definition) is 2. The molecule has 0 aliphatic heterocycles. The van der Waals surface area contributed by atoms with Gasteiger partial charge in [0.25, 0.3) is 5.91 Å². The zero-order valence-electron chi connectivity index (χ0n) is 14.5. The molecular weight excluding hydrogens is 322 g/mol. The van der Waals surface area contributed by atoms with Crippen LogP contribution in [0.15, 0.2) is 36.4 Å². The second-order valence-electron chi connectivity index (χ2n) is 5.79. The largest absolute Gasteiger partial charge is 0.484 e. The molecule has 0 fully saturated rings. The van der Waals surface area contributed by atoms with Gasteiger partial charge in [-0.3, -0.25) is 4.79 Å². The lowest BCUT2D eigenvalue weighted by atomic mass is 10.0. The summed E-state index contributed by atoms with van der Waals surface area (Å²) in [6, 6.07) is 11.8. The van der Waals surface area contributed by atoms with Crippen molar-refractivity contribution in [3.05, 3.63) is 63.7 Å². The number of nitrogens with one attached hydrogen (secondary N) is 1. The van der Waals surface area contributed by atoms with Crippen LogP contribution in [0, 0.1) is 6.92 Å². The van der Waals surface area contributed by atoms with Crippen LogP contribution in [0.1, 0.15) is 36.1 Å². The van der Waals surface area contributed by atoms with Crippen LogP contribution in [0.5, 0.6) is 5.75 Å². The highest BCUT2D eigenvalue weighted by Crippen LogP contribution is 2.21. The van der Waals surface area contributed by atoms with Crippen LogP contribution < -0.4 is 10.1 Å². The molecule has 0 heterocycles. The van der Waals surface area contributed by atoms with Gasteiger partial charge in [-0.2, -0.15) is 0 Å². The number of aryl methyl sites for hydroxylation is 3. The van der Waals surface area contributed by atoms with Crippen LogP contribution >= 0.6 is 11.6 Å². The minimum Gasteiger partial charge on any atom is -0.484 e. The molecule has 0 spiro atoms. The number of halogens is 1. The van der Waals surface area contributed by atoms with Crippen molar-refractivity contribution in [3.8, 4) is 5.75 Å². The summed E-state index contributed by atoms with van der Waals surface area (Å²) >= 11 is 5.98. The van der Waals surface area contributed by atoms with Crippen molar-refractivity contribution >= 4 is 17.5 Å². The molecule has 128 valence electrons. The molecule has 0 unspecified atom stereocenters. The first-order valence-corrected chi connectivity index (χ1v) is 8.67. The Kier molecular flexibility index (Phi) is 6.68. The second-order valence-corrected chi connectivity index (χ2v) is 6.19. The van der Waals surface area contributed by atoms with Crippen molar-refractivity contribution in [1.29, 1.82) is 0 Å². The first-order valence-electron chi connectivity index (χ1n) is 8.29. The Morgan fingerprint density at radius 1 is 1.08 bits per heavy atom. The highest BCUT2D eigenvalue weighted by Gasteiger charge is 2.07. The maximum atomic E-state index is 12.0. The van der Waals surface area contributed by atoms with Gasteiger partial charge >= 0.3 is 0 Å². The molecule has 0 saturated heterocycles. The van der Waals surface area contributed by atoms with Crippen molar-refractivity contribution in [2.24, 2.45) is 0 Å². The maximum Gasteiger partial charge on any atom is 0.258 e. The zero-order valence-corrected chi connectivity index (χ0v) is 15.2. The van der Waals surface area contributed by atoms with Crippen LogP contribution in [0.4, 0.5) is 0 Å². The van der Waals surface area contributed by atoms with E-state index in [0.717, 1.165) is 18.4 Å². The number of hydrogen-bond donors (Lipinski definition) is 1. The van der Waals surface area contributed by atoms with Crippen molar-refractivity contribution in [1.82, 2.24) is 5.32 Å². The summed E-state index contributed by atoms with van der Waals surface area (Å²) in [6.45, 7) is 6.68. The lowest BCUT2D eigenvalue weighted by Gasteiger charge is -2.12. The van der Waals surface area contributed by atoms with Crippen molar-refractivity contribution in [3.63, 3.8) is 0 Å². The van der Waals surface area contributed by atoms with E-state index in [1.54, 1.807) is 12.1 Å². The molecule has 1 N–H and O–H groups in total. The van der Waals surface area contributed by atoms with Crippen molar-refractivity contribution in [2.75, 3.05) is 6.61 Å². The average Bonchev–Trinajstić information content (AvgIpc) is 2.60. The summed E-state index contributed by atoms with van der Waals surface area (Å²) in [6.07, 6.45) is 1.94. The maximum absolute atomic E-state index is 12.0. The third-order valence-corrected chi connectivity index (χ3v) is 4.46. The van der Waals surface area contributed by atoms with Gasteiger partial charge in [-0.05, 0) is 60.2 Å². The molecule has 0 aliphatic carbocycles. The van der Waals surface area contributed by atoms with Gasteiger partial charge in [-0.25, -0.2) is 0 Å². The molecule has 2 aromatic rings. The van der Waals surface area contributed by atoms with Crippen LogP contribution in [0.3, 0.4) is 0 Å². The minimum absolute atomic E-state index is 0.00397. The van der Waals surface area contributed by atoms with Crippen molar-refractivity contribution < 1.29 is 9.53 Å². The topological polar surface area (TPSA) is 38.3 Å². The predicted octanol–water partition coefficient (Wildman–Crippen LogP) is 4.47. The molecule has 0 aliphatic rings. The first kappa shape index (κ1) is 18.3. The summed E-state index contributed by atoms with van der Waals surface area (Å²) in [4.78, 5) is 12.0. The van der Waals surface area contributed by atoms with Gasteiger partial charge < -0.3 is 10.1 Å². The number of carbonyl (C=O) groups excluding carboxylic acids is 1. The molecule has 4 heteroatoms. The molecule has 3 nitrogen and oxygen atoms in total. The van der Waals surface area contributed by atoms with Gasteiger partial charge in [0.15, 0.2) is 6.61 Å². The third kappa shape index (κ3) is 5.00. The van der Waals surface area contributed by atoms with Gasteiger partial charge in [0.05, 0.1) is 0 Å². The number of ether oxygens (including phenoxy) is 1. The van der Waals surface area contributed by atoms with Crippen LogP contribution in [0.2, 0.25) is 5.02 Å². The molecule has 0 radical (unpaired) electrons. The summed E-state index contributed by atoms with van der Waals surface area (Å²) in [5, 5.41) is 3.62. The molecule has 0 bridgehead atoms. The predicted molar refractivity (Wildman–Crippen MR) is 98.7 cm³/mol. The summed E-state index contributed by atoms with van der Waals surface area (Å²) < 4.78 is 5.52. The zero-order chi connectivity index (χ0) is 17.5. The van der Waals surface area contributed by atoms with E-state index < -0.39 is 0 Å². The Morgan fingerprint density at radius 3 is 2.54 bits per heavy atom. The molecule has 1 amide bonds. The number of benzene rings is 2. The van der Waals surface area contributed by atoms with Gasteiger partial charge in [-0.1, -0.05) is 43.6 Å². The van der Waals surface area contributed by atoms with Crippen LogP contribution in [-0.4, -0.2) is 12.5 Å². The van der Waals surface area contributed by atoms with E-state index in [4.69, 9.17) is 16.3 Å². The Hall–Kier alpha value is -2.00. The monoisotopic (exact) mass is 345 g/mol. The normalized spacial score (nSPS) is 10.5. The lowest BCUT2D eigenvalue weighted by molar-refractivity contribution is -0.123.